The molecule has 4 aromatic heterocycles. The first-order valence-electron chi connectivity index (χ1n) is 25.1. The summed E-state index contributed by atoms with van der Waals surface area (Å²) in [6, 6.07) is 15.1. The van der Waals surface area contributed by atoms with Crippen molar-refractivity contribution in [2.24, 2.45) is 9.98 Å². The Morgan fingerprint density at radius 2 is 0.552 bits per heavy atom. The standard InChI is InChI=1S/2C6H12.2C5H5N.C5H10.2C5H8.2C4H4N2.C4H4.C3H5N.C3H3N.C3H7N.C3H3N.11CH4.5W/c4*1-2-4-6-5-3-1;3*1-2-4-5-3-1;1-2-6-4-3-5-1;1-2-4-6-5-3-1;3*1-3-4-2;2*1-2-3-4;;;;;;;;;;;;;;;;/h2*1-6H2;2*1-5H;1-5H2;2*1-2H,3-5H2;2*1-4H;1-4H;2H,1,3H2;1-3H;4H,1-3H2;1-3H;11*1H4;;;;;/q;;;;;;;;;5*-2;;;;;;;;;;;;5*+2. The van der Waals surface area contributed by atoms with Crippen molar-refractivity contribution in [3.05, 3.63) is 211 Å². The van der Waals surface area contributed by atoms with Crippen LogP contribution in [0.5, 0.6) is 0 Å². The van der Waals surface area contributed by atoms with E-state index in [2.05, 4.69) is 105 Å². The molecular weight excluding hydrogens is 1920 g/mol. The number of hydrogen-bond donors (Lipinski definition) is 0. The average molecular weight is 2060 g/mol. The van der Waals surface area contributed by atoms with Gasteiger partial charge in [0.2, 0.25) is 0 Å². The van der Waals surface area contributed by atoms with Crippen LogP contribution in [0.3, 0.4) is 0 Å². The van der Waals surface area contributed by atoms with E-state index in [-0.39, 0.29) is 187 Å². The summed E-state index contributed by atoms with van der Waals surface area (Å²) in [5.41, 5.74) is 6.39. The van der Waals surface area contributed by atoms with Crippen molar-refractivity contribution in [2.45, 2.75) is 236 Å². The molecule has 3 fully saturated rings. The zero-order valence-electron chi connectivity index (χ0n) is 45.4. The minimum absolute atomic E-state index is 0. The molecule has 0 atom stereocenters. The number of hydrogen-bond acceptors (Lipinski definition) is 8. The normalized spacial score (nSPS) is 10.6. The third-order valence-electron chi connectivity index (χ3n) is 8.75. The van der Waals surface area contributed by atoms with E-state index in [0.29, 0.717) is 13.1 Å². The fourth-order valence-corrected chi connectivity index (χ4v) is 5.32. The number of allylic oxidation sites excluding steroid dienone is 7. The SMILES string of the molecule is C.C.C.C.C.C.C.C.C.C.C.C1=CCCC1.C1=CCCC1.C1CCCC1.C1CCCCC1.C1CCCCC1.[CH-]=CC=[CH-].[CH-]=CC=[N-].[CH-]=CN=[CH-].[CH-]=NC[CH2-].[CH2-]CC[NH-].[W+2].[W+2].[W+2].[W+2].[W+2].c1ccncc1.c1ccncc1.c1ccnnc1.c1cnccn1. The second-order valence-corrected chi connectivity index (χ2v) is 14.7. The molecule has 5 aliphatic carbocycles. The molecule has 0 aromatic carbocycles. The van der Waals surface area contributed by atoms with Crippen molar-refractivity contribution in [1.82, 2.24) is 30.1 Å². The quantitative estimate of drug-likeness (QED) is 0.0841. The maximum atomic E-state index is 7.57. The Kier molecular flexibility index (Phi) is 279. The third kappa shape index (κ3) is 194. The number of aromatic nitrogens is 6. The number of nitrogens with zero attached hydrogens (tertiary/aromatic N) is 9. The Labute approximate surface area is 618 Å². The van der Waals surface area contributed by atoms with Gasteiger partial charge in [-0.1, -0.05) is 227 Å². The summed E-state index contributed by atoms with van der Waals surface area (Å²) in [6.07, 6.45) is 65.5. The van der Waals surface area contributed by atoms with Gasteiger partial charge in [-0.25, -0.2) is 6.42 Å². The summed E-state index contributed by atoms with van der Waals surface area (Å²) in [5, 5.41) is 14.6. The molecule has 0 unspecified atom stereocenters. The van der Waals surface area contributed by atoms with Gasteiger partial charge in [-0.3, -0.25) is 32.6 Å². The van der Waals surface area contributed by atoms with Crippen LogP contribution in [0.2, 0.25) is 0 Å². The van der Waals surface area contributed by atoms with Crippen molar-refractivity contribution < 1.29 is 105 Å². The molecule has 0 saturated heterocycles. The number of rotatable bonds is 5. The summed E-state index contributed by atoms with van der Waals surface area (Å²) in [5.74, 6) is 0. The minimum atomic E-state index is 0. The molecule has 0 radical (unpaired) electrons. The van der Waals surface area contributed by atoms with Gasteiger partial charge in [-0.2, -0.15) is 23.5 Å². The first kappa shape index (κ1) is 146. The summed E-state index contributed by atoms with van der Waals surface area (Å²) in [7, 11) is 0. The van der Waals surface area contributed by atoms with Crippen LogP contribution >= 0.6 is 0 Å². The van der Waals surface area contributed by atoms with E-state index in [1.165, 1.54) is 160 Å². The van der Waals surface area contributed by atoms with Crippen LogP contribution in [-0.2, 0) is 105 Å². The Balaban J connectivity index is -0.0000000281. The van der Waals surface area contributed by atoms with Crippen molar-refractivity contribution in [3.63, 3.8) is 0 Å². The molecular formula is C72H134N10W5. The third-order valence-corrected chi connectivity index (χ3v) is 8.75. The Bertz CT molecular complexity index is 1240. The van der Waals surface area contributed by atoms with Crippen molar-refractivity contribution in [3.8, 4) is 0 Å². The van der Waals surface area contributed by atoms with Gasteiger partial charge >= 0.3 is 105 Å². The maximum Gasteiger partial charge on any atom is 2.00 e. The second-order valence-electron chi connectivity index (χ2n) is 14.7. The molecule has 4 aromatic rings. The molecule has 0 amide bonds. The van der Waals surface area contributed by atoms with Crippen molar-refractivity contribution >= 4 is 19.6 Å². The van der Waals surface area contributed by atoms with Gasteiger partial charge in [0.1, 0.15) is 0 Å². The van der Waals surface area contributed by atoms with E-state index in [1.807, 2.05) is 48.5 Å². The molecule has 0 bridgehead atoms. The van der Waals surface area contributed by atoms with E-state index in [1.54, 1.807) is 62.0 Å². The predicted octanol–water partition coefficient (Wildman–Crippen LogP) is 23.9. The van der Waals surface area contributed by atoms with E-state index in [4.69, 9.17) is 24.3 Å². The van der Waals surface area contributed by atoms with E-state index in [9.17, 15) is 0 Å². The van der Waals surface area contributed by atoms with Crippen molar-refractivity contribution in [2.75, 3.05) is 13.1 Å². The molecule has 502 valence electrons. The first-order chi connectivity index (χ1) is 35.1. The van der Waals surface area contributed by atoms with E-state index in [0.717, 1.165) is 24.9 Å². The largest absolute Gasteiger partial charge is 2.00 e. The molecule has 15 heteroatoms. The zero-order valence-corrected chi connectivity index (χ0v) is 60.1. The van der Waals surface area contributed by atoms with Crippen LogP contribution < -0.4 is 0 Å². The molecule has 9 rings (SSSR count). The minimum Gasteiger partial charge on any atom is -0.911 e. The summed E-state index contributed by atoms with van der Waals surface area (Å²) in [6.45, 7) is 35.4. The van der Waals surface area contributed by atoms with Gasteiger partial charge in [-0.05, 0) is 74.9 Å². The summed E-state index contributed by atoms with van der Waals surface area (Å²) >= 11 is 0. The number of nitrogens with one attached hydrogen (secondary N) is 1. The average Bonchev–Trinajstić information content (AvgIpc) is 4.37. The van der Waals surface area contributed by atoms with Gasteiger partial charge in [0, 0.05) is 62.0 Å². The number of pyridine rings is 2. The Morgan fingerprint density at radius 1 is 0.368 bits per heavy atom. The zero-order chi connectivity index (χ0) is 53.1. The molecule has 5 aliphatic rings. The van der Waals surface area contributed by atoms with Gasteiger partial charge in [-0.15, -0.1) is 6.54 Å². The molecule has 1 N–H and O–H groups in total. The van der Waals surface area contributed by atoms with Gasteiger partial charge in [0.15, 0.2) is 0 Å². The number of aliphatic imine (C=N–C) groups is 2. The molecule has 0 aliphatic heterocycles. The summed E-state index contributed by atoms with van der Waals surface area (Å²) in [4.78, 5) is 21.0. The fraction of sp³-hybridized carbons (Fsp3) is 0.514. The van der Waals surface area contributed by atoms with Gasteiger partial charge in [0.05, 0.1) is 0 Å². The molecule has 3 saturated carbocycles. The smallest absolute Gasteiger partial charge is 0.911 e. The van der Waals surface area contributed by atoms with Gasteiger partial charge < -0.3 is 86.0 Å². The first-order valence-corrected chi connectivity index (χ1v) is 25.1. The van der Waals surface area contributed by atoms with Crippen LogP contribution in [0.25, 0.3) is 11.1 Å². The van der Waals surface area contributed by atoms with Gasteiger partial charge in [0.25, 0.3) is 0 Å². The Hall–Kier alpha value is -2.69. The molecule has 4 heterocycles. The van der Waals surface area contributed by atoms with Crippen LogP contribution in [0, 0.1) is 40.2 Å². The Morgan fingerprint density at radius 3 is 0.609 bits per heavy atom. The molecule has 87 heavy (non-hydrogen) atoms. The van der Waals surface area contributed by atoms with E-state index >= 15 is 0 Å². The van der Waals surface area contributed by atoms with E-state index < -0.39 is 0 Å². The monoisotopic (exact) mass is 2060 g/mol. The topological polar surface area (TPSA) is 148 Å². The maximum absolute atomic E-state index is 7.57. The van der Waals surface area contributed by atoms with Crippen LogP contribution in [0.15, 0.2) is 169 Å². The van der Waals surface area contributed by atoms with Crippen molar-refractivity contribution in [1.29, 1.82) is 0 Å². The predicted molar refractivity (Wildman–Crippen MR) is 382 cm³/mol. The van der Waals surface area contributed by atoms with Crippen LogP contribution in [0.1, 0.15) is 236 Å². The fourth-order valence-electron chi connectivity index (χ4n) is 5.32. The second kappa shape index (κ2) is 166. The molecule has 10 nitrogen and oxygen atoms in total. The van der Waals surface area contributed by atoms with Crippen LogP contribution in [-0.4, -0.2) is 62.9 Å². The van der Waals surface area contributed by atoms with Crippen LogP contribution in [0.4, 0.5) is 0 Å². The summed E-state index contributed by atoms with van der Waals surface area (Å²) < 4.78 is 0. The molecule has 0 spiro atoms.